The van der Waals surface area contributed by atoms with Crippen molar-refractivity contribution in [3.8, 4) is 40.2 Å². The van der Waals surface area contributed by atoms with Crippen molar-refractivity contribution in [2.24, 2.45) is 0 Å². The standard InChI is InChI=1S/C27H19NO7/c1-32-20-8-7-16(9-21(20)33-2)18-13-34-27-24-17(15-5-3-14(12-28)4-6-15)10-23(30)35-22(24)11-19(29)25(27)26(18)31/h3-9,11,13,17,29H,10H2,1-2H3/t17-/m1/s1. The topological polar surface area (TPSA) is 119 Å². The predicted molar refractivity (Wildman–Crippen MR) is 126 cm³/mol. The number of nitriles is 1. The molecule has 1 aliphatic heterocycles. The summed E-state index contributed by atoms with van der Waals surface area (Å²) in [5, 5.41) is 19.8. The van der Waals surface area contributed by atoms with Crippen LogP contribution in [0, 0.1) is 11.3 Å². The molecule has 174 valence electrons. The fraction of sp³-hybridized carbons (Fsp3) is 0.148. The van der Waals surface area contributed by atoms with E-state index < -0.39 is 17.3 Å². The Balaban J connectivity index is 1.73. The number of aromatic hydroxyl groups is 1. The fourth-order valence-electron chi connectivity index (χ4n) is 4.41. The van der Waals surface area contributed by atoms with Crippen molar-refractivity contribution in [2.45, 2.75) is 12.3 Å². The molecule has 3 aromatic carbocycles. The van der Waals surface area contributed by atoms with Crippen molar-refractivity contribution in [2.75, 3.05) is 14.2 Å². The molecule has 1 N–H and O–H groups in total. The van der Waals surface area contributed by atoms with Gasteiger partial charge < -0.3 is 23.7 Å². The van der Waals surface area contributed by atoms with Gasteiger partial charge in [-0.25, -0.2) is 0 Å². The second-order valence-corrected chi connectivity index (χ2v) is 8.02. The average molecular weight is 469 g/mol. The van der Waals surface area contributed by atoms with E-state index in [4.69, 9.17) is 23.9 Å². The van der Waals surface area contributed by atoms with Crippen LogP contribution in [0.3, 0.4) is 0 Å². The molecule has 35 heavy (non-hydrogen) atoms. The first kappa shape index (κ1) is 22.0. The molecule has 0 aliphatic carbocycles. The molecule has 1 aliphatic rings. The Bertz CT molecular complexity index is 1580. The number of phenols is 1. The number of fused-ring (bicyclic) bond motifs is 3. The quantitative estimate of drug-likeness (QED) is 0.343. The lowest BCUT2D eigenvalue weighted by Crippen LogP contribution is -2.22. The summed E-state index contributed by atoms with van der Waals surface area (Å²) in [6.45, 7) is 0. The largest absolute Gasteiger partial charge is 0.507 e. The summed E-state index contributed by atoms with van der Waals surface area (Å²) in [5.74, 6) is -0.254. The second kappa shape index (κ2) is 8.54. The third kappa shape index (κ3) is 3.63. The number of methoxy groups -OCH3 is 2. The average Bonchev–Trinajstić information content (AvgIpc) is 2.87. The minimum Gasteiger partial charge on any atom is -0.507 e. The van der Waals surface area contributed by atoms with Crippen LogP contribution in [0.25, 0.3) is 22.1 Å². The number of rotatable bonds is 4. The molecule has 1 aromatic heterocycles. The van der Waals surface area contributed by atoms with Gasteiger partial charge in [-0.1, -0.05) is 18.2 Å². The molecule has 0 saturated carbocycles. The Labute approximate surface area is 199 Å². The molecule has 8 heteroatoms. The summed E-state index contributed by atoms with van der Waals surface area (Å²) < 4.78 is 21.9. The monoisotopic (exact) mass is 469 g/mol. The van der Waals surface area contributed by atoms with Gasteiger partial charge in [0.2, 0.25) is 5.43 Å². The number of phenolic OH excluding ortho intramolecular Hbond substituents is 1. The highest BCUT2D eigenvalue weighted by Crippen LogP contribution is 2.45. The molecule has 4 aromatic rings. The minimum atomic E-state index is -0.489. The van der Waals surface area contributed by atoms with E-state index in [9.17, 15) is 14.7 Å². The van der Waals surface area contributed by atoms with Gasteiger partial charge in [0.1, 0.15) is 28.7 Å². The molecule has 0 spiro atoms. The summed E-state index contributed by atoms with van der Waals surface area (Å²) in [6, 6.07) is 15.2. The molecule has 2 heterocycles. The fourth-order valence-corrected chi connectivity index (χ4v) is 4.41. The first-order valence-corrected chi connectivity index (χ1v) is 10.7. The van der Waals surface area contributed by atoms with Crippen molar-refractivity contribution >= 4 is 16.9 Å². The number of benzene rings is 3. The van der Waals surface area contributed by atoms with Crippen LogP contribution in [0.2, 0.25) is 0 Å². The molecule has 8 nitrogen and oxygen atoms in total. The Hall–Kier alpha value is -4.77. The molecule has 1 atom stereocenters. The SMILES string of the molecule is COc1ccc(-c2coc3c4c(cc(O)c3c2=O)OC(=O)C[C@@H]4c2ccc(C#N)cc2)cc1OC. The molecule has 0 saturated heterocycles. The van der Waals surface area contributed by atoms with Gasteiger partial charge in [-0.3, -0.25) is 9.59 Å². The molecule has 0 amide bonds. The van der Waals surface area contributed by atoms with Crippen LogP contribution in [0.5, 0.6) is 23.0 Å². The Morgan fingerprint density at radius 1 is 1.03 bits per heavy atom. The van der Waals surface area contributed by atoms with E-state index in [0.717, 1.165) is 5.56 Å². The Kier molecular flexibility index (Phi) is 5.38. The van der Waals surface area contributed by atoms with Gasteiger partial charge in [-0.15, -0.1) is 0 Å². The normalized spacial score (nSPS) is 14.7. The van der Waals surface area contributed by atoms with Crippen LogP contribution >= 0.6 is 0 Å². The van der Waals surface area contributed by atoms with Crippen molar-refractivity contribution in [3.63, 3.8) is 0 Å². The van der Waals surface area contributed by atoms with Crippen molar-refractivity contribution in [1.29, 1.82) is 5.26 Å². The maximum atomic E-state index is 13.5. The van der Waals surface area contributed by atoms with Gasteiger partial charge in [0, 0.05) is 17.5 Å². The van der Waals surface area contributed by atoms with E-state index in [2.05, 4.69) is 6.07 Å². The number of hydrogen-bond acceptors (Lipinski definition) is 8. The summed E-state index contributed by atoms with van der Waals surface area (Å²) >= 11 is 0. The second-order valence-electron chi connectivity index (χ2n) is 8.02. The Morgan fingerprint density at radius 3 is 2.46 bits per heavy atom. The van der Waals surface area contributed by atoms with Gasteiger partial charge in [0.05, 0.1) is 37.8 Å². The summed E-state index contributed by atoms with van der Waals surface area (Å²) in [5.41, 5.74) is 2.14. The van der Waals surface area contributed by atoms with Crippen molar-refractivity contribution < 1.29 is 28.5 Å². The third-order valence-electron chi connectivity index (χ3n) is 6.11. The number of hydrogen-bond donors (Lipinski definition) is 1. The van der Waals surface area contributed by atoms with E-state index in [0.29, 0.717) is 28.2 Å². The van der Waals surface area contributed by atoms with Crippen LogP contribution in [0.4, 0.5) is 0 Å². The van der Waals surface area contributed by atoms with Crippen molar-refractivity contribution in [3.05, 3.63) is 81.7 Å². The number of ether oxygens (including phenoxy) is 3. The predicted octanol–water partition coefficient (Wildman–Crippen LogP) is 4.50. The molecule has 5 rings (SSSR count). The van der Waals surface area contributed by atoms with Crippen LogP contribution < -0.4 is 19.6 Å². The zero-order chi connectivity index (χ0) is 24.7. The maximum Gasteiger partial charge on any atom is 0.312 e. The number of nitrogens with zero attached hydrogens (tertiary/aromatic N) is 1. The highest BCUT2D eigenvalue weighted by Gasteiger charge is 2.33. The molecule has 0 radical (unpaired) electrons. The molecular formula is C27H19NO7. The lowest BCUT2D eigenvalue weighted by molar-refractivity contribution is -0.135. The first-order valence-electron chi connectivity index (χ1n) is 10.7. The van der Waals surface area contributed by atoms with Crippen molar-refractivity contribution in [1.82, 2.24) is 0 Å². The lowest BCUT2D eigenvalue weighted by atomic mass is 9.84. The molecule has 0 fully saturated rings. The van der Waals surface area contributed by atoms with Gasteiger partial charge in [0.25, 0.3) is 0 Å². The lowest BCUT2D eigenvalue weighted by Gasteiger charge is -2.26. The minimum absolute atomic E-state index is 0.0138. The zero-order valence-electron chi connectivity index (χ0n) is 18.8. The molecule has 0 unspecified atom stereocenters. The first-order chi connectivity index (χ1) is 16.9. The van der Waals surface area contributed by atoms with E-state index in [1.165, 1.54) is 26.5 Å². The molecular weight excluding hydrogens is 450 g/mol. The zero-order valence-corrected chi connectivity index (χ0v) is 18.8. The maximum absolute atomic E-state index is 13.5. The Morgan fingerprint density at radius 2 is 1.77 bits per heavy atom. The number of carbonyl (C=O) groups excluding carboxylic acids is 1. The number of esters is 1. The number of carbonyl (C=O) groups is 1. The van der Waals surface area contributed by atoms with E-state index in [1.807, 2.05) is 0 Å². The van der Waals surface area contributed by atoms with E-state index in [-0.39, 0.29) is 34.5 Å². The summed E-state index contributed by atoms with van der Waals surface area (Å²) in [6.07, 6.45) is 1.33. The highest BCUT2D eigenvalue weighted by atomic mass is 16.5. The highest BCUT2D eigenvalue weighted by molar-refractivity contribution is 5.94. The summed E-state index contributed by atoms with van der Waals surface area (Å²) in [4.78, 5) is 25.9. The van der Waals surface area contributed by atoms with E-state index in [1.54, 1.807) is 42.5 Å². The van der Waals surface area contributed by atoms with Crippen LogP contribution in [-0.4, -0.2) is 25.3 Å². The van der Waals surface area contributed by atoms with Crippen LogP contribution in [-0.2, 0) is 4.79 Å². The van der Waals surface area contributed by atoms with Gasteiger partial charge in [0.15, 0.2) is 11.5 Å². The molecule has 0 bridgehead atoms. The summed E-state index contributed by atoms with van der Waals surface area (Å²) in [7, 11) is 3.01. The van der Waals surface area contributed by atoms with Gasteiger partial charge >= 0.3 is 5.97 Å². The van der Waals surface area contributed by atoms with Crippen LogP contribution in [0.1, 0.15) is 29.0 Å². The van der Waals surface area contributed by atoms with Gasteiger partial charge in [-0.05, 0) is 35.4 Å². The van der Waals surface area contributed by atoms with Gasteiger partial charge in [-0.2, -0.15) is 5.26 Å². The van der Waals surface area contributed by atoms with Crippen LogP contribution in [0.15, 0.2) is 64.0 Å². The smallest absolute Gasteiger partial charge is 0.312 e. The van der Waals surface area contributed by atoms with E-state index >= 15 is 0 Å². The third-order valence-corrected chi connectivity index (χ3v) is 6.11.